The molecule has 0 amide bonds. The molecule has 2 nitrogen and oxygen atoms in total. The molecule has 0 saturated heterocycles. The van der Waals surface area contributed by atoms with E-state index in [0.29, 0.717) is 5.92 Å². The molecule has 0 spiro atoms. The van der Waals surface area contributed by atoms with Crippen LogP contribution in [0.2, 0.25) is 0 Å². The first-order valence-electron chi connectivity index (χ1n) is 7.50. The lowest BCUT2D eigenvalue weighted by atomic mass is 10.0. The van der Waals surface area contributed by atoms with Crippen molar-refractivity contribution in [1.29, 1.82) is 0 Å². The molecule has 0 rings (SSSR count). The van der Waals surface area contributed by atoms with Gasteiger partial charge in [0.2, 0.25) is 0 Å². The molecule has 0 saturated carbocycles. The first-order valence-corrected chi connectivity index (χ1v) is 7.50. The van der Waals surface area contributed by atoms with Crippen LogP contribution in [0.15, 0.2) is 40.1 Å². The molecule has 0 N–H and O–H groups in total. The van der Waals surface area contributed by atoms with Crippen LogP contribution in [-0.4, -0.2) is 19.9 Å². The van der Waals surface area contributed by atoms with Gasteiger partial charge in [-0.1, -0.05) is 33.8 Å². The molecule has 0 aliphatic rings. The second-order valence-electron chi connectivity index (χ2n) is 4.70. The van der Waals surface area contributed by atoms with E-state index in [0.717, 1.165) is 23.5 Å². The fraction of sp³-hybridized carbons (Fsp3) is 0.611. The van der Waals surface area contributed by atoms with Crippen molar-refractivity contribution < 1.29 is 4.74 Å². The maximum atomic E-state index is 5.45. The van der Waals surface area contributed by atoms with E-state index >= 15 is 0 Å². The second-order valence-corrected chi connectivity index (χ2v) is 4.70. The lowest BCUT2D eigenvalue weighted by Gasteiger charge is -2.10. The standard InChI is InChI=1S/C16H27NO.C2H6/c1-8-12(2)11-16(18-7)14(4)9-13(3)10-15(5)17-6;1-2/h9-12H,8H2,1-7H3;1-2H3/b13-10+,14-9-,16-11+,17-15?;. The Kier molecular flexibility index (Phi) is 13.3. The summed E-state index contributed by atoms with van der Waals surface area (Å²) >= 11 is 0. The van der Waals surface area contributed by atoms with E-state index in [1.54, 1.807) is 14.2 Å². The maximum Gasteiger partial charge on any atom is 0.118 e. The maximum absolute atomic E-state index is 5.45. The van der Waals surface area contributed by atoms with Gasteiger partial charge in [0.1, 0.15) is 5.76 Å². The lowest BCUT2D eigenvalue weighted by molar-refractivity contribution is 0.296. The first-order chi connectivity index (χ1) is 9.44. The zero-order valence-corrected chi connectivity index (χ0v) is 14.9. The molecule has 0 aromatic heterocycles. The van der Waals surface area contributed by atoms with E-state index in [1.807, 2.05) is 20.8 Å². The van der Waals surface area contributed by atoms with Crippen LogP contribution in [0.3, 0.4) is 0 Å². The predicted octanol–water partition coefficient (Wildman–Crippen LogP) is 5.57. The molecule has 1 unspecified atom stereocenters. The van der Waals surface area contributed by atoms with Gasteiger partial charge in [-0.2, -0.15) is 0 Å². The lowest BCUT2D eigenvalue weighted by Crippen LogP contribution is -1.95. The van der Waals surface area contributed by atoms with Crippen molar-refractivity contribution in [3.63, 3.8) is 0 Å². The Labute approximate surface area is 126 Å². The Morgan fingerprint density at radius 2 is 1.70 bits per heavy atom. The zero-order valence-electron chi connectivity index (χ0n) is 14.9. The van der Waals surface area contributed by atoms with Gasteiger partial charge in [-0.25, -0.2) is 0 Å². The van der Waals surface area contributed by atoms with Crippen molar-refractivity contribution in [2.45, 2.75) is 54.9 Å². The number of nitrogens with zero attached hydrogens (tertiary/aromatic N) is 1. The minimum atomic E-state index is 0.534. The van der Waals surface area contributed by atoms with E-state index in [4.69, 9.17) is 4.74 Å². The van der Waals surface area contributed by atoms with Gasteiger partial charge in [0.15, 0.2) is 0 Å². The van der Waals surface area contributed by atoms with Gasteiger partial charge in [0.05, 0.1) is 7.11 Å². The average Bonchev–Trinajstić information content (AvgIpc) is 2.45. The number of rotatable bonds is 6. The van der Waals surface area contributed by atoms with Crippen molar-refractivity contribution in [3.8, 4) is 0 Å². The normalized spacial score (nSPS) is 15.4. The molecule has 0 aromatic carbocycles. The summed E-state index contributed by atoms with van der Waals surface area (Å²) in [5.41, 5.74) is 3.36. The molecule has 0 aliphatic carbocycles. The van der Waals surface area contributed by atoms with E-state index in [-0.39, 0.29) is 0 Å². The molecule has 0 heterocycles. The number of aliphatic imine (C=N–C) groups is 1. The van der Waals surface area contributed by atoms with Crippen LogP contribution in [-0.2, 0) is 4.74 Å². The summed E-state index contributed by atoms with van der Waals surface area (Å²) in [6, 6.07) is 0. The van der Waals surface area contributed by atoms with Crippen LogP contribution in [0.25, 0.3) is 0 Å². The van der Waals surface area contributed by atoms with Gasteiger partial charge < -0.3 is 4.74 Å². The molecule has 1 atom stereocenters. The van der Waals surface area contributed by atoms with E-state index < -0.39 is 0 Å². The van der Waals surface area contributed by atoms with Gasteiger partial charge >= 0.3 is 0 Å². The van der Waals surface area contributed by atoms with Crippen molar-refractivity contribution in [2.24, 2.45) is 10.9 Å². The van der Waals surface area contributed by atoms with Gasteiger partial charge in [-0.05, 0) is 56.4 Å². The van der Waals surface area contributed by atoms with E-state index in [1.165, 1.54) is 5.57 Å². The molecule has 0 bridgehead atoms. The summed E-state index contributed by atoms with van der Waals surface area (Å²) in [7, 11) is 3.53. The molecule has 2 heteroatoms. The third-order valence-electron chi connectivity index (χ3n) is 2.92. The highest BCUT2D eigenvalue weighted by Gasteiger charge is 2.03. The average molecular weight is 279 g/mol. The van der Waals surface area contributed by atoms with Crippen LogP contribution in [0.1, 0.15) is 54.9 Å². The minimum absolute atomic E-state index is 0.534. The summed E-state index contributed by atoms with van der Waals surface area (Å²) in [5, 5.41) is 0. The van der Waals surface area contributed by atoms with Gasteiger partial charge in [0, 0.05) is 12.8 Å². The van der Waals surface area contributed by atoms with Crippen molar-refractivity contribution in [2.75, 3.05) is 14.2 Å². The number of ether oxygens (including phenoxy) is 1. The Balaban J connectivity index is 0. The third kappa shape index (κ3) is 9.60. The summed E-state index contributed by atoms with van der Waals surface area (Å²) in [6.45, 7) is 14.5. The van der Waals surface area contributed by atoms with Crippen LogP contribution in [0.4, 0.5) is 0 Å². The van der Waals surface area contributed by atoms with Crippen LogP contribution in [0.5, 0.6) is 0 Å². The van der Waals surface area contributed by atoms with Crippen LogP contribution >= 0.6 is 0 Å². The summed E-state index contributed by atoms with van der Waals surface area (Å²) in [4.78, 5) is 4.13. The Morgan fingerprint density at radius 3 is 2.10 bits per heavy atom. The smallest absolute Gasteiger partial charge is 0.118 e. The molecule has 0 aliphatic heterocycles. The summed E-state index contributed by atoms with van der Waals surface area (Å²) in [5.74, 6) is 1.50. The highest BCUT2D eigenvalue weighted by molar-refractivity contribution is 5.93. The molecule has 0 radical (unpaired) electrons. The predicted molar refractivity (Wildman–Crippen MR) is 92.4 cm³/mol. The summed E-state index contributed by atoms with van der Waals surface area (Å²) < 4.78 is 5.45. The fourth-order valence-electron chi connectivity index (χ4n) is 1.59. The SMILES string of the molecule is CC.CCC(C)\C=C(OC)/C(C)=C\C(C)=C\C(C)=NC. The van der Waals surface area contributed by atoms with Crippen LogP contribution < -0.4 is 0 Å². The Bertz CT molecular complexity index is 373. The van der Waals surface area contributed by atoms with Gasteiger partial charge in [-0.15, -0.1) is 0 Å². The van der Waals surface area contributed by atoms with Crippen molar-refractivity contribution in [3.05, 3.63) is 35.1 Å². The molecule has 0 aromatic rings. The van der Waals surface area contributed by atoms with Crippen molar-refractivity contribution in [1.82, 2.24) is 0 Å². The van der Waals surface area contributed by atoms with Gasteiger partial charge in [0.25, 0.3) is 0 Å². The summed E-state index contributed by atoms with van der Waals surface area (Å²) in [6.07, 6.45) is 7.50. The number of allylic oxidation sites excluding steroid dienone is 5. The first kappa shape index (κ1) is 21.0. The Morgan fingerprint density at radius 1 is 1.15 bits per heavy atom. The number of hydrogen-bond donors (Lipinski definition) is 0. The quantitative estimate of drug-likeness (QED) is 0.354. The monoisotopic (exact) mass is 279 g/mol. The topological polar surface area (TPSA) is 21.6 Å². The van der Waals surface area contributed by atoms with E-state index in [9.17, 15) is 0 Å². The largest absolute Gasteiger partial charge is 0.497 e. The minimum Gasteiger partial charge on any atom is -0.497 e. The van der Waals surface area contributed by atoms with Gasteiger partial charge in [-0.3, -0.25) is 4.99 Å². The highest BCUT2D eigenvalue weighted by Crippen LogP contribution is 2.17. The fourth-order valence-corrected chi connectivity index (χ4v) is 1.59. The molecular weight excluding hydrogens is 246 g/mol. The molecule has 20 heavy (non-hydrogen) atoms. The Hall–Kier alpha value is -1.31. The van der Waals surface area contributed by atoms with Crippen molar-refractivity contribution >= 4 is 5.71 Å². The van der Waals surface area contributed by atoms with Crippen LogP contribution in [0, 0.1) is 5.92 Å². The van der Waals surface area contributed by atoms with E-state index in [2.05, 4.69) is 50.9 Å². The third-order valence-corrected chi connectivity index (χ3v) is 2.92. The molecule has 116 valence electrons. The number of methoxy groups -OCH3 is 1. The molecular formula is C18H33NO. The zero-order chi connectivity index (χ0) is 16.1. The highest BCUT2D eigenvalue weighted by atomic mass is 16.5. The number of hydrogen-bond acceptors (Lipinski definition) is 2. The molecule has 0 fully saturated rings. The second kappa shape index (κ2) is 12.7.